The van der Waals surface area contributed by atoms with Crippen LogP contribution in [-0.4, -0.2) is 29.9 Å². The summed E-state index contributed by atoms with van der Waals surface area (Å²) < 4.78 is 31.4. The molecule has 0 saturated heterocycles. The fourth-order valence-corrected chi connectivity index (χ4v) is 3.76. The fourth-order valence-electron chi connectivity index (χ4n) is 3.20. The summed E-state index contributed by atoms with van der Waals surface area (Å²) in [6.07, 6.45) is 19.0. The van der Waals surface area contributed by atoms with Crippen LogP contribution in [0.2, 0.25) is 0 Å². The largest absolute Gasteiger partial charge is 1.00 e. The third-order valence-corrected chi connectivity index (χ3v) is 5.61. The van der Waals surface area contributed by atoms with Crippen LogP contribution in [0.4, 0.5) is 0 Å². The van der Waals surface area contributed by atoms with Gasteiger partial charge in [0.15, 0.2) is 0 Å². The van der Waals surface area contributed by atoms with Crippen molar-refractivity contribution in [3.63, 3.8) is 0 Å². The zero-order valence-electron chi connectivity index (χ0n) is 17.4. The molecule has 1 unspecified atom stereocenters. The summed E-state index contributed by atoms with van der Waals surface area (Å²) in [5.74, 6) is -0.256. The van der Waals surface area contributed by atoms with Gasteiger partial charge in [0, 0.05) is 5.75 Å². The van der Waals surface area contributed by atoms with Crippen LogP contribution in [0.25, 0.3) is 0 Å². The van der Waals surface area contributed by atoms with Crippen molar-refractivity contribution < 1.29 is 47.6 Å². The van der Waals surface area contributed by atoms with Crippen molar-refractivity contribution in [2.24, 2.45) is 0 Å². The van der Waals surface area contributed by atoms with Gasteiger partial charge in [0.05, 0.1) is 16.2 Å². The molecule has 0 fully saturated rings. The van der Waals surface area contributed by atoms with E-state index in [-0.39, 0.29) is 41.4 Å². The summed E-state index contributed by atoms with van der Waals surface area (Å²) in [4.78, 5) is 0. The van der Waals surface area contributed by atoms with E-state index in [4.69, 9.17) is 0 Å². The van der Waals surface area contributed by atoms with E-state index in [1.54, 1.807) is 0 Å². The Morgan fingerprint density at radius 1 is 0.692 bits per heavy atom. The number of hydrogen-bond acceptors (Lipinski definition) is 4. The van der Waals surface area contributed by atoms with Crippen LogP contribution >= 0.6 is 0 Å². The first-order valence-corrected chi connectivity index (χ1v) is 12.1. The van der Waals surface area contributed by atoms with Gasteiger partial charge >= 0.3 is 29.6 Å². The topological polar surface area (TPSA) is 77.4 Å². The van der Waals surface area contributed by atoms with E-state index >= 15 is 0 Å². The molecule has 0 rings (SSSR count). The zero-order chi connectivity index (χ0) is 18.8. The van der Waals surface area contributed by atoms with Crippen molar-refractivity contribution in [2.45, 2.75) is 122 Å². The standard InChI is InChI=1S/C20H42O4S.Na/c1-2-3-4-5-6-7-8-9-10-11-14-17-20(21)18-15-12-13-16-19-25(22,23)24;/h20-21H,2-19H2,1H3,(H,22,23,24);/q;+1/p-1. The van der Waals surface area contributed by atoms with E-state index in [2.05, 4.69) is 6.92 Å². The maximum Gasteiger partial charge on any atom is 1.00 e. The molecule has 0 aromatic carbocycles. The second-order valence-corrected chi connectivity index (χ2v) is 8.97. The van der Waals surface area contributed by atoms with Gasteiger partial charge in [-0.25, -0.2) is 8.42 Å². The first kappa shape index (κ1) is 29.1. The average Bonchev–Trinajstić information content (AvgIpc) is 2.55. The molecule has 0 radical (unpaired) electrons. The van der Waals surface area contributed by atoms with Crippen molar-refractivity contribution in [2.75, 3.05) is 5.75 Å². The first-order chi connectivity index (χ1) is 12.0. The third kappa shape index (κ3) is 24.9. The minimum atomic E-state index is -4.06. The van der Waals surface area contributed by atoms with Crippen molar-refractivity contribution in [3.05, 3.63) is 0 Å². The normalized spacial score (nSPS) is 12.7. The molecular formula is C20H41NaO4S. The molecule has 26 heavy (non-hydrogen) atoms. The van der Waals surface area contributed by atoms with Gasteiger partial charge in [0.25, 0.3) is 0 Å². The van der Waals surface area contributed by atoms with E-state index in [0.29, 0.717) is 6.42 Å². The first-order valence-electron chi connectivity index (χ1n) is 10.6. The number of rotatable bonds is 19. The Morgan fingerprint density at radius 2 is 1.04 bits per heavy atom. The maximum absolute atomic E-state index is 10.5. The predicted octanol–water partition coefficient (Wildman–Crippen LogP) is 2.55. The van der Waals surface area contributed by atoms with Gasteiger partial charge in [-0.2, -0.15) is 0 Å². The van der Waals surface area contributed by atoms with Crippen LogP contribution in [0.15, 0.2) is 0 Å². The summed E-state index contributed by atoms with van der Waals surface area (Å²) >= 11 is 0. The van der Waals surface area contributed by atoms with Gasteiger partial charge in [-0.05, 0) is 19.3 Å². The summed E-state index contributed by atoms with van der Waals surface area (Å²) in [6.45, 7) is 2.25. The monoisotopic (exact) mass is 400 g/mol. The van der Waals surface area contributed by atoms with Crippen molar-refractivity contribution in [1.82, 2.24) is 0 Å². The van der Waals surface area contributed by atoms with Gasteiger partial charge in [-0.15, -0.1) is 0 Å². The molecule has 0 bridgehead atoms. The summed E-state index contributed by atoms with van der Waals surface area (Å²) in [6, 6.07) is 0. The molecule has 1 N–H and O–H groups in total. The van der Waals surface area contributed by atoms with Crippen LogP contribution in [0.5, 0.6) is 0 Å². The maximum atomic E-state index is 10.5. The van der Waals surface area contributed by atoms with E-state index < -0.39 is 10.1 Å². The Kier molecular flexibility index (Phi) is 23.0. The minimum Gasteiger partial charge on any atom is -0.748 e. The van der Waals surface area contributed by atoms with Gasteiger partial charge < -0.3 is 9.66 Å². The Bertz CT molecular complexity index is 374. The summed E-state index contributed by atoms with van der Waals surface area (Å²) in [5, 5.41) is 9.93. The Balaban J connectivity index is 0. The average molecular weight is 401 g/mol. The van der Waals surface area contributed by atoms with Crippen molar-refractivity contribution in [3.8, 4) is 0 Å². The summed E-state index contributed by atoms with van der Waals surface area (Å²) in [7, 11) is -4.06. The molecule has 0 aromatic heterocycles. The van der Waals surface area contributed by atoms with Crippen LogP contribution < -0.4 is 29.6 Å². The molecule has 0 aliphatic rings. The van der Waals surface area contributed by atoms with Gasteiger partial charge in [0.2, 0.25) is 0 Å². The third-order valence-electron chi connectivity index (χ3n) is 4.82. The van der Waals surface area contributed by atoms with Crippen molar-refractivity contribution in [1.29, 1.82) is 0 Å². The minimum absolute atomic E-state index is 0. The smallest absolute Gasteiger partial charge is 0.748 e. The van der Waals surface area contributed by atoms with Crippen molar-refractivity contribution >= 4 is 10.1 Å². The van der Waals surface area contributed by atoms with E-state index in [0.717, 1.165) is 38.5 Å². The summed E-state index contributed by atoms with van der Waals surface area (Å²) in [5.41, 5.74) is 0. The van der Waals surface area contributed by atoms with Gasteiger partial charge in [-0.1, -0.05) is 96.8 Å². The molecule has 4 nitrogen and oxygen atoms in total. The second kappa shape index (κ2) is 20.6. The van der Waals surface area contributed by atoms with Gasteiger partial charge in [-0.3, -0.25) is 0 Å². The van der Waals surface area contributed by atoms with Crippen LogP contribution in [0.3, 0.4) is 0 Å². The number of hydrogen-bond donors (Lipinski definition) is 1. The fraction of sp³-hybridized carbons (Fsp3) is 1.00. The number of aliphatic hydroxyl groups is 1. The zero-order valence-corrected chi connectivity index (χ0v) is 20.2. The molecule has 0 amide bonds. The van der Waals surface area contributed by atoms with Crippen LogP contribution in [-0.2, 0) is 10.1 Å². The molecule has 0 aliphatic carbocycles. The Labute approximate surface area is 185 Å². The van der Waals surface area contributed by atoms with E-state index in [1.807, 2.05) is 0 Å². The molecule has 0 spiro atoms. The SMILES string of the molecule is CCCCCCCCCCCCCC(O)CCCCCCS(=O)(=O)[O-].[Na+]. The number of unbranched alkanes of at least 4 members (excludes halogenated alkanes) is 13. The molecule has 0 aromatic rings. The molecule has 0 heterocycles. The quantitative estimate of drug-likeness (QED) is 0.205. The number of aliphatic hydroxyl groups excluding tert-OH is 1. The second-order valence-electron chi connectivity index (χ2n) is 7.44. The molecular weight excluding hydrogens is 359 g/mol. The molecule has 0 saturated carbocycles. The van der Waals surface area contributed by atoms with Crippen LogP contribution in [0.1, 0.15) is 116 Å². The molecule has 152 valence electrons. The molecule has 0 aliphatic heterocycles. The van der Waals surface area contributed by atoms with Crippen LogP contribution in [0, 0.1) is 0 Å². The van der Waals surface area contributed by atoms with E-state index in [9.17, 15) is 18.1 Å². The molecule has 6 heteroatoms. The Hall–Kier alpha value is 0.870. The van der Waals surface area contributed by atoms with Gasteiger partial charge in [0.1, 0.15) is 0 Å². The predicted molar refractivity (Wildman–Crippen MR) is 105 cm³/mol. The molecule has 1 atom stereocenters. The Morgan fingerprint density at radius 3 is 1.42 bits per heavy atom. The van der Waals surface area contributed by atoms with E-state index in [1.165, 1.54) is 64.2 Å².